The molecule has 32 heavy (non-hydrogen) atoms. The van der Waals surface area contributed by atoms with Gasteiger partial charge < -0.3 is 19.9 Å². The highest BCUT2D eigenvalue weighted by molar-refractivity contribution is 7.91. The van der Waals surface area contributed by atoms with Gasteiger partial charge in [0, 0.05) is 36.1 Å². The van der Waals surface area contributed by atoms with Crippen molar-refractivity contribution in [1.82, 2.24) is 10.3 Å². The first-order chi connectivity index (χ1) is 15.4. The van der Waals surface area contributed by atoms with Crippen molar-refractivity contribution in [2.75, 3.05) is 18.9 Å². The molecular formula is C23H24N2O6S. The molecule has 2 heterocycles. The van der Waals surface area contributed by atoms with Crippen LogP contribution in [0.2, 0.25) is 0 Å². The van der Waals surface area contributed by atoms with Crippen LogP contribution in [0.3, 0.4) is 0 Å². The second kappa shape index (κ2) is 9.54. The number of benzene rings is 2. The highest BCUT2D eigenvalue weighted by Crippen LogP contribution is 2.32. The minimum Gasteiger partial charge on any atom is -0.465 e. The van der Waals surface area contributed by atoms with Crippen molar-refractivity contribution < 1.29 is 27.8 Å². The van der Waals surface area contributed by atoms with E-state index in [2.05, 4.69) is 10.3 Å². The van der Waals surface area contributed by atoms with Gasteiger partial charge in [-0.1, -0.05) is 12.1 Å². The number of hydrogen-bond donors (Lipinski definition) is 2. The van der Waals surface area contributed by atoms with E-state index in [1.54, 1.807) is 18.3 Å². The molecule has 0 radical (unpaired) electrons. The summed E-state index contributed by atoms with van der Waals surface area (Å²) in [4.78, 5) is 15.0. The van der Waals surface area contributed by atoms with Crippen molar-refractivity contribution in [3.63, 3.8) is 0 Å². The Bertz CT molecular complexity index is 1200. The molecule has 0 aliphatic carbocycles. The second-order valence-corrected chi connectivity index (χ2v) is 9.64. The number of carbonyl (C=O) groups is 1. The number of ether oxygens (including phenoxy) is 2. The molecule has 168 valence electrons. The number of rotatable bonds is 7. The van der Waals surface area contributed by atoms with E-state index in [9.17, 15) is 13.2 Å². The van der Waals surface area contributed by atoms with Gasteiger partial charge in [-0.25, -0.2) is 13.2 Å². The number of aromatic nitrogens is 1. The quantitative estimate of drug-likeness (QED) is 0.555. The molecular weight excluding hydrogens is 432 g/mol. The molecule has 8 nitrogen and oxygen atoms in total. The van der Waals surface area contributed by atoms with Crippen LogP contribution in [0.1, 0.15) is 19.3 Å². The summed E-state index contributed by atoms with van der Waals surface area (Å²) in [6, 6.07) is 12.6. The van der Waals surface area contributed by atoms with E-state index in [1.807, 2.05) is 30.3 Å². The smallest absolute Gasteiger partial charge is 0.404 e. The summed E-state index contributed by atoms with van der Waals surface area (Å²) in [6.07, 6.45) is 4.64. The first-order valence-electron chi connectivity index (χ1n) is 10.4. The fourth-order valence-electron chi connectivity index (χ4n) is 3.68. The van der Waals surface area contributed by atoms with E-state index in [0.29, 0.717) is 23.1 Å². The Hall–Kier alpha value is -3.17. The van der Waals surface area contributed by atoms with E-state index in [1.165, 1.54) is 6.20 Å². The van der Waals surface area contributed by atoms with Crippen LogP contribution in [0.25, 0.3) is 21.9 Å². The van der Waals surface area contributed by atoms with Gasteiger partial charge in [0.15, 0.2) is 16.1 Å². The first kappa shape index (κ1) is 22.0. The zero-order valence-electron chi connectivity index (χ0n) is 17.4. The number of carboxylic acid groups (broad SMARTS) is 1. The van der Waals surface area contributed by atoms with Crippen molar-refractivity contribution >= 4 is 26.7 Å². The number of fused-ring (bicyclic) bond motifs is 1. The minimum atomic E-state index is -3.74. The molecule has 0 spiro atoms. The highest BCUT2D eigenvalue weighted by atomic mass is 32.2. The SMILES string of the molecule is O=C(O)NCCS(=O)(=O)c1cc(-c2ccc(OC3CCCCO3)cc2)cc2cnccc12. The van der Waals surface area contributed by atoms with E-state index >= 15 is 0 Å². The number of nitrogens with zero attached hydrogens (tertiary/aromatic N) is 1. The number of sulfone groups is 1. The van der Waals surface area contributed by atoms with Crippen LogP contribution < -0.4 is 10.1 Å². The summed E-state index contributed by atoms with van der Waals surface area (Å²) < 4.78 is 37.5. The van der Waals surface area contributed by atoms with Crippen molar-refractivity contribution in [3.05, 3.63) is 54.9 Å². The Labute approximate surface area is 186 Å². The number of pyridine rings is 1. The fraction of sp³-hybridized carbons (Fsp3) is 0.304. The Morgan fingerprint density at radius 2 is 1.97 bits per heavy atom. The molecule has 1 aliphatic heterocycles. The molecule has 1 saturated heterocycles. The van der Waals surface area contributed by atoms with Crippen LogP contribution in [0, 0.1) is 0 Å². The zero-order chi connectivity index (χ0) is 22.6. The molecule has 1 aliphatic rings. The molecule has 2 N–H and O–H groups in total. The summed E-state index contributed by atoms with van der Waals surface area (Å²) in [7, 11) is -3.74. The molecule has 2 aromatic carbocycles. The summed E-state index contributed by atoms with van der Waals surface area (Å²) in [5.74, 6) is 0.352. The summed E-state index contributed by atoms with van der Waals surface area (Å²) >= 11 is 0. The molecule has 1 aromatic heterocycles. The van der Waals surface area contributed by atoms with Crippen molar-refractivity contribution in [2.45, 2.75) is 30.4 Å². The highest BCUT2D eigenvalue weighted by Gasteiger charge is 2.20. The number of hydrogen-bond acceptors (Lipinski definition) is 6. The Balaban J connectivity index is 1.63. The van der Waals surface area contributed by atoms with Gasteiger partial charge in [-0.3, -0.25) is 4.98 Å². The van der Waals surface area contributed by atoms with E-state index in [-0.39, 0.29) is 23.5 Å². The van der Waals surface area contributed by atoms with Crippen LogP contribution in [0.15, 0.2) is 59.8 Å². The van der Waals surface area contributed by atoms with Gasteiger partial charge in [-0.05, 0) is 54.3 Å². The average Bonchev–Trinajstić information content (AvgIpc) is 2.79. The van der Waals surface area contributed by atoms with Gasteiger partial charge in [0.2, 0.25) is 0 Å². The lowest BCUT2D eigenvalue weighted by molar-refractivity contribution is -0.105. The van der Waals surface area contributed by atoms with Crippen LogP contribution in [-0.2, 0) is 14.6 Å². The van der Waals surface area contributed by atoms with Crippen LogP contribution >= 0.6 is 0 Å². The summed E-state index contributed by atoms with van der Waals surface area (Å²) in [5, 5.41) is 12.1. The topological polar surface area (TPSA) is 115 Å². The lowest BCUT2D eigenvalue weighted by Crippen LogP contribution is -2.27. The van der Waals surface area contributed by atoms with Crippen molar-refractivity contribution in [1.29, 1.82) is 0 Å². The standard InChI is InChI=1S/C23H24N2O6S/c26-23(27)25-10-12-32(28,29)21-14-17(13-18-15-24-9-8-20(18)21)16-4-6-19(7-5-16)31-22-3-1-2-11-30-22/h4-9,13-15,22,25H,1-3,10-12H2,(H,26,27). The zero-order valence-corrected chi connectivity index (χ0v) is 18.2. The minimum absolute atomic E-state index is 0.149. The molecule has 0 saturated carbocycles. The van der Waals surface area contributed by atoms with E-state index in [4.69, 9.17) is 14.6 Å². The molecule has 3 aromatic rings. The summed E-state index contributed by atoms with van der Waals surface area (Å²) in [6.45, 7) is 0.511. The maximum absolute atomic E-state index is 13.0. The van der Waals surface area contributed by atoms with Gasteiger partial charge in [0.1, 0.15) is 5.75 Å². The third kappa shape index (κ3) is 5.17. The van der Waals surface area contributed by atoms with E-state index < -0.39 is 15.9 Å². The Morgan fingerprint density at radius 3 is 2.69 bits per heavy atom. The lowest BCUT2D eigenvalue weighted by atomic mass is 10.0. The number of nitrogens with one attached hydrogen (secondary N) is 1. The third-order valence-corrected chi connectivity index (χ3v) is 7.04. The monoisotopic (exact) mass is 456 g/mol. The molecule has 1 atom stereocenters. The Kier molecular flexibility index (Phi) is 6.57. The maximum atomic E-state index is 13.0. The van der Waals surface area contributed by atoms with Gasteiger partial charge >= 0.3 is 6.09 Å². The number of amides is 1. The predicted octanol–water partition coefficient (Wildman–Crippen LogP) is 3.85. The predicted molar refractivity (Wildman–Crippen MR) is 119 cm³/mol. The molecule has 9 heteroatoms. The van der Waals surface area contributed by atoms with Crippen LogP contribution in [0.5, 0.6) is 5.75 Å². The normalized spacial score (nSPS) is 16.6. The van der Waals surface area contributed by atoms with E-state index in [0.717, 1.165) is 30.4 Å². The van der Waals surface area contributed by atoms with Crippen molar-refractivity contribution in [3.8, 4) is 16.9 Å². The molecule has 1 unspecified atom stereocenters. The lowest BCUT2D eigenvalue weighted by Gasteiger charge is -2.23. The van der Waals surface area contributed by atoms with Gasteiger partial charge in [-0.15, -0.1) is 0 Å². The fourth-order valence-corrected chi connectivity index (χ4v) is 5.10. The second-order valence-electron chi connectivity index (χ2n) is 7.56. The third-order valence-electron chi connectivity index (χ3n) is 5.29. The van der Waals surface area contributed by atoms with Crippen LogP contribution in [-0.4, -0.2) is 49.8 Å². The molecule has 4 rings (SSSR count). The molecule has 0 bridgehead atoms. The maximum Gasteiger partial charge on any atom is 0.404 e. The van der Waals surface area contributed by atoms with Crippen molar-refractivity contribution in [2.24, 2.45) is 0 Å². The van der Waals surface area contributed by atoms with Gasteiger partial charge in [0.25, 0.3) is 0 Å². The Morgan fingerprint density at radius 1 is 1.16 bits per heavy atom. The van der Waals surface area contributed by atoms with Gasteiger partial charge in [0.05, 0.1) is 17.3 Å². The summed E-state index contributed by atoms with van der Waals surface area (Å²) in [5.41, 5.74) is 1.54. The largest absolute Gasteiger partial charge is 0.465 e. The molecule has 1 fully saturated rings. The van der Waals surface area contributed by atoms with Crippen LogP contribution in [0.4, 0.5) is 4.79 Å². The van der Waals surface area contributed by atoms with Gasteiger partial charge in [-0.2, -0.15) is 0 Å². The average molecular weight is 457 g/mol. The molecule has 1 amide bonds. The first-order valence-corrected chi connectivity index (χ1v) is 12.0.